The number of amides is 1. The van der Waals surface area contributed by atoms with Crippen LogP contribution in [-0.2, 0) is 11.2 Å². The van der Waals surface area contributed by atoms with Gasteiger partial charge in [0.1, 0.15) is 11.3 Å². The maximum Gasteiger partial charge on any atom is 0.336 e. The van der Waals surface area contributed by atoms with E-state index in [2.05, 4.69) is 18.4 Å². The van der Waals surface area contributed by atoms with Crippen molar-refractivity contribution in [3.63, 3.8) is 0 Å². The van der Waals surface area contributed by atoms with Gasteiger partial charge in [0.15, 0.2) is 6.61 Å². The Bertz CT molecular complexity index is 1050. The Hall–Kier alpha value is -2.60. The average Bonchev–Trinajstić information content (AvgIpc) is 3.13. The van der Waals surface area contributed by atoms with E-state index in [0.29, 0.717) is 11.3 Å². The molecule has 1 atom stereocenters. The maximum atomic E-state index is 12.8. The molecule has 2 aromatic heterocycles. The van der Waals surface area contributed by atoms with Crippen LogP contribution in [0.4, 0.5) is 0 Å². The Balaban J connectivity index is 1.49. The zero-order valence-electron chi connectivity index (χ0n) is 15.4. The van der Waals surface area contributed by atoms with E-state index in [0.717, 1.165) is 30.3 Å². The van der Waals surface area contributed by atoms with Gasteiger partial charge < -0.3 is 14.1 Å². The Morgan fingerprint density at radius 1 is 1.33 bits per heavy atom. The molecule has 3 aromatic rings. The molecule has 0 radical (unpaired) electrons. The summed E-state index contributed by atoms with van der Waals surface area (Å²) in [5, 5.41) is 2.96. The Morgan fingerprint density at radius 2 is 2.19 bits per heavy atom. The second kappa shape index (κ2) is 7.19. The molecule has 1 aromatic carbocycles. The molecule has 0 N–H and O–H groups in total. The Kier molecular flexibility index (Phi) is 4.74. The van der Waals surface area contributed by atoms with E-state index in [-0.39, 0.29) is 24.2 Å². The summed E-state index contributed by atoms with van der Waals surface area (Å²) in [4.78, 5) is 27.6. The van der Waals surface area contributed by atoms with Crippen LogP contribution in [0.3, 0.4) is 0 Å². The molecule has 1 aliphatic rings. The molecule has 0 bridgehead atoms. The monoisotopic (exact) mass is 383 g/mol. The predicted molar refractivity (Wildman–Crippen MR) is 105 cm³/mol. The lowest BCUT2D eigenvalue weighted by Crippen LogP contribution is -2.41. The molecule has 0 aliphatic carbocycles. The number of rotatable bonds is 4. The van der Waals surface area contributed by atoms with E-state index < -0.39 is 0 Å². The summed E-state index contributed by atoms with van der Waals surface area (Å²) >= 11 is 1.77. The molecule has 140 valence electrons. The number of ether oxygens (including phenoxy) is 1. The molecule has 0 spiro atoms. The first-order valence-electron chi connectivity index (χ1n) is 9.10. The molecule has 0 unspecified atom stereocenters. The number of thiophene rings is 1. The summed E-state index contributed by atoms with van der Waals surface area (Å²) in [6.45, 7) is 4.66. The van der Waals surface area contributed by atoms with E-state index in [1.807, 2.05) is 17.9 Å². The number of hydrogen-bond donors (Lipinski definition) is 0. The van der Waals surface area contributed by atoms with Crippen LogP contribution >= 0.6 is 11.3 Å². The molecule has 5 nitrogen and oxygen atoms in total. The van der Waals surface area contributed by atoms with Crippen molar-refractivity contribution in [1.82, 2.24) is 4.90 Å². The van der Waals surface area contributed by atoms with E-state index in [1.54, 1.807) is 23.5 Å². The third kappa shape index (κ3) is 3.37. The number of benzene rings is 1. The molecular weight excluding hydrogens is 362 g/mol. The summed E-state index contributed by atoms with van der Waals surface area (Å²) in [7, 11) is 0. The Morgan fingerprint density at radius 3 is 3.00 bits per heavy atom. The molecule has 0 saturated carbocycles. The molecule has 0 fully saturated rings. The van der Waals surface area contributed by atoms with Crippen molar-refractivity contribution in [1.29, 1.82) is 0 Å². The molecule has 4 rings (SSSR count). The minimum Gasteiger partial charge on any atom is -0.484 e. The standard InChI is InChI=1S/C21H21NO4S/c1-3-17-16-7-9-27-19(16)6-8-22(17)20(23)12-25-14-4-5-15-13(2)10-21(24)26-18(15)11-14/h4-5,7,9-11,17H,3,6,8,12H2,1-2H3/t17-/m0/s1. The normalized spacial score (nSPS) is 16.4. The van der Waals surface area contributed by atoms with Gasteiger partial charge >= 0.3 is 5.63 Å². The SMILES string of the molecule is CC[C@H]1c2ccsc2CCN1C(=O)COc1ccc2c(C)cc(=O)oc2c1. The smallest absolute Gasteiger partial charge is 0.336 e. The lowest BCUT2D eigenvalue weighted by atomic mass is 9.98. The largest absolute Gasteiger partial charge is 0.484 e. The van der Waals surface area contributed by atoms with Gasteiger partial charge in [-0.15, -0.1) is 11.3 Å². The second-order valence-corrected chi connectivity index (χ2v) is 7.76. The summed E-state index contributed by atoms with van der Waals surface area (Å²) in [6.07, 6.45) is 1.78. The minimum absolute atomic E-state index is 0.0236. The van der Waals surface area contributed by atoms with Gasteiger partial charge in [0.25, 0.3) is 5.91 Å². The number of nitrogens with zero attached hydrogens (tertiary/aromatic N) is 1. The number of carbonyl (C=O) groups excluding carboxylic acids is 1. The Labute approximate surface area is 161 Å². The zero-order chi connectivity index (χ0) is 19.0. The third-order valence-corrected chi connectivity index (χ3v) is 6.08. The topological polar surface area (TPSA) is 59.8 Å². The van der Waals surface area contributed by atoms with Crippen LogP contribution < -0.4 is 10.4 Å². The van der Waals surface area contributed by atoms with Crippen molar-refractivity contribution < 1.29 is 13.9 Å². The molecule has 3 heterocycles. The van der Waals surface area contributed by atoms with Crippen molar-refractivity contribution in [3.05, 3.63) is 62.1 Å². The first-order valence-corrected chi connectivity index (χ1v) is 9.98. The minimum atomic E-state index is -0.390. The van der Waals surface area contributed by atoms with Crippen LogP contribution in [0, 0.1) is 6.92 Å². The summed E-state index contributed by atoms with van der Waals surface area (Å²) in [5.41, 5.74) is 2.20. The first-order chi connectivity index (χ1) is 13.1. The fourth-order valence-corrected chi connectivity index (χ4v) is 4.69. The van der Waals surface area contributed by atoms with E-state index in [4.69, 9.17) is 9.15 Å². The number of hydrogen-bond acceptors (Lipinski definition) is 5. The molecule has 6 heteroatoms. The van der Waals surface area contributed by atoms with E-state index in [9.17, 15) is 9.59 Å². The fraction of sp³-hybridized carbons (Fsp3) is 0.333. The van der Waals surface area contributed by atoms with Crippen LogP contribution in [0.25, 0.3) is 11.0 Å². The highest BCUT2D eigenvalue weighted by Crippen LogP contribution is 2.35. The third-order valence-electron chi connectivity index (χ3n) is 5.09. The number of carbonyl (C=O) groups is 1. The molecule has 27 heavy (non-hydrogen) atoms. The van der Waals surface area contributed by atoms with Crippen molar-refractivity contribution in [2.24, 2.45) is 0 Å². The van der Waals surface area contributed by atoms with Gasteiger partial charge in [-0.05, 0) is 54.5 Å². The molecule has 0 saturated heterocycles. The van der Waals surface area contributed by atoms with Gasteiger partial charge in [0.05, 0.1) is 6.04 Å². The van der Waals surface area contributed by atoms with Gasteiger partial charge in [-0.1, -0.05) is 6.92 Å². The van der Waals surface area contributed by atoms with E-state index in [1.165, 1.54) is 16.5 Å². The zero-order valence-corrected chi connectivity index (χ0v) is 16.2. The van der Waals surface area contributed by atoms with Crippen LogP contribution in [0.1, 0.15) is 35.4 Å². The van der Waals surface area contributed by atoms with E-state index >= 15 is 0 Å². The molecule has 1 amide bonds. The van der Waals surface area contributed by atoms with Crippen molar-refractivity contribution in [2.75, 3.05) is 13.2 Å². The van der Waals surface area contributed by atoms with Crippen LogP contribution in [0.2, 0.25) is 0 Å². The van der Waals surface area contributed by atoms with Gasteiger partial charge in [0, 0.05) is 28.9 Å². The molecule has 1 aliphatic heterocycles. The van der Waals surface area contributed by atoms with Crippen molar-refractivity contribution in [2.45, 2.75) is 32.7 Å². The highest BCUT2D eigenvalue weighted by atomic mass is 32.1. The first kappa shape index (κ1) is 17.8. The lowest BCUT2D eigenvalue weighted by Gasteiger charge is -2.35. The maximum absolute atomic E-state index is 12.8. The van der Waals surface area contributed by atoms with Gasteiger partial charge in [-0.3, -0.25) is 4.79 Å². The van der Waals surface area contributed by atoms with Crippen molar-refractivity contribution in [3.8, 4) is 5.75 Å². The van der Waals surface area contributed by atoms with Gasteiger partial charge in [0.2, 0.25) is 0 Å². The fourth-order valence-electron chi connectivity index (χ4n) is 3.76. The number of aryl methyl sites for hydroxylation is 1. The van der Waals surface area contributed by atoms with Gasteiger partial charge in [-0.2, -0.15) is 0 Å². The quantitative estimate of drug-likeness (QED) is 0.637. The van der Waals surface area contributed by atoms with Crippen LogP contribution in [0.15, 0.2) is 44.9 Å². The summed E-state index contributed by atoms with van der Waals surface area (Å²) in [5.74, 6) is 0.496. The summed E-state index contributed by atoms with van der Waals surface area (Å²) in [6, 6.07) is 9.03. The van der Waals surface area contributed by atoms with Gasteiger partial charge in [-0.25, -0.2) is 4.79 Å². The van der Waals surface area contributed by atoms with Crippen LogP contribution in [0.5, 0.6) is 5.75 Å². The lowest BCUT2D eigenvalue weighted by molar-refractivity contribution is -0.136. The highest BCUT2D eigenvalue weighted by Gasteiger charge is 2.30. The average molecular weight is 383 g/mol. The highest BCUT2D eigenvalue weighted by molar-refractivity contribution is 7.10. The number of fused-ring (bicyclic) bond motifs is 2. The second-order valence-electron chi connectivity index (χ2n) is 6.76. The van der Waals surface area contributed by atoms with Crippen LogP contribution in [-0.4, -0.2) is 24.0 Å². The predicted octanol–water partition coefficient (Wildman–Crippen LogP) is 4.08. The summed E-state index contributed by atoms with van der Waals surface area (Å²) < 4.78 is 11.0. The molecular formula is C21H21NO4S. The van der Waals surface area contributed by atoms with Crippen molar-refractivity contribution >= 4 is 28.2 Å².